The maximum Gasteiger partial charge on any atom is 0.0682 e. The highest BCUT2D eigenvalue weighted by atomic mass is 16.5. The van der Waals surface area contributed by atoms with Gasteiger partial charge >= 0.3 is 0 Å². The zero-order valence-electron chi connectivity index (χ0n) is 15.5. The van der Waals surface area contributed by atoms with E-state index < -0.39 is 0 Å². The molecule has 0 bridgehead atoms. The molecule has 2 saturated carbocycles. The van der Waals surface area contributed by atoms with Crippen molar-refractivity contribution in [2.45, 2.75) is 110 Å². The van der Waals surface area contributed by atoms with Gasteiger partial charge in [0.15, 0.2) is 0 Å². The molecular weight excluding hydrogens is 268 g/mol. The second-order valence-corrected chi connectivity index (χ2v) is 8.13. The van der Waals surface area contributed by atoms with Gasteiger partial charge in [0.25, 0.3) is 0 Å². The largest absolute Gasteiger partial charge is 0.375 e. The zero-order chi connectivity index (χ0) is 15.8. The van der Waals surface area contributed by atoms with Gasteiger partial charge in [-0.05, 0) is 69.6 Å². The molecule has 1 nitrogen and oxygen atoms in total. The van der Waals surface area contributed by atoms with Crippen LogP contribution >= 0.6 is 0 Å². The SMILES string of the molecule is CCCC[C@]1(OCC)CC[C@@H](C2CCC(CCC)CC2)CC1. The fraction of sp³-hybridized carbons (Fsp3) is 1.00. The van der Waals surface area contributed by atoms with Crippen molar-refractivity contribution >= 4 is 0 Å². The van der Waals surface area contributed by atoms with Crippen molar-refractivity contribution < 1.29 is 4.74 Å². The smallest absolute Gasteiger partial charge is 0.0682 e. The maximum absolute atomic E-state index is 6.26. The molecule has 0 spiro atoms. The van der Waals surface area contributed by atoms with E-state index in [9.17, 15) is 0 Å². The predicted octanol–water partition coefficient (Wildman–Crippen LogP) is 6.75. The summed E-state index contributed by atoms with van der Waals surface area (Å²) in [4.78, 5) is 0. The molecule has 2 aliphatic carbocycles. The molecule has 2 rings (SSSR count). The highest BCUT2D eigenvalue weighted by Crippen LogP contribution is 2.45. The van der Waals surface area contributed by atoms with E-state index in [0.29, 0.717) is 0 Å². The van der Waals surface area contributed by atoms with E-state index in [1.165, 1.54) is 83.5 Å². The van der Waals surface area contributed by atoms with Crippen molar-refractivity contribution in [3.63, 3.8) is 0 Å². The summed E-state index contributed by atoms with van der Waals surface area (Å²) in [5, 5.41) is 0. The van der Waals surface area contributed by atoms with E-state index in [1.807, 2.05) is 0 Å². The van der Waals surface area contributed by atoms with Gasteiger partial charge in [0, 0.05) is 6.61 Å². The minimum atomic E-state index is 0.251. The molecule has 0 N–H and O–H groups in total. The predicted molar refractivity (Wildman–Crippen MR) is 96.2 cm³/mol. The van der Waals surface area contributed by atoms with Crippen LogP contribution in [0.5, 0.6) is 0 Å². The third kappa shape index (κ3) is 4.98. The lowest BCUT2D eigenvalue weighted by atomic mass is 9.67. The van der Waals surface area contributed by atoms with Crippen LogP contribution in [0.25, 0.3) is 0 Å². The van der Waals surface area contributed by atoms with Crippen LogP contribution in [-0.2, 0) is 4.74 Å². The van der Waals surface area contributed by atoms with Crippen molar-refractivity contribution in [1.29, 1.82) is 0 Å². The van der Waals surface area contributed by atoms with Gasteiger partial charge in [-0.1, -0.05) is 52.4 Å². The first kappa shape index (κ1) is 18.3. The van der Waals surface area contributed by atoms with E-state index in [0.717, 1.165) is 24.4 Å². The Balaban J connectivity index is 1.78. The first-order valence-electron chi connectivity index (χ1n) is 10.4. The van der Waals surface area contributed by atoms with Crippen LogP contribution in [0.4, 0.5) is 0 Å². The second kappa shape index (κ2) is 9.30. The van der Waals surface area contributed by atoms with E-state index in [4.69, 9.17) is 4.74 Å². The monoisotopic (exact) mass is 308 g/mol. The molecule has 0 unspecified atom stereocenters. The van der Waals surface area contributed by atoms with Gasteiger partial charge in [0.05, 0.1) is 5.60 Å². The molecule has 0 amide bonds. The van der Waals surface area contributed by atoms with Crippen LogP contribution < -0.4 is 0 Å². The molecule has 0 radical (unpaired) electrons. The van der Waals surface area contributed by atoms with Crippen LogP contribution in [0, 0.1) is 17.8 Å². The molecule has 0 saturated heterocycles. The third-order valence-electron chi connectivity index (χ3n) is 6.63. The Bertz CT molecular complexity index is 282. The molecule has 0 aromatic rings. The van der Waals surface area contributed by atoms with E-state index in [2.05, 4.69) is 20.8 Å². The Labute approximate surface area is 139 Å². The average Bonchev–Trinajstić information content (AvgIpc) is 2.55. The summed E-state index contributed by atoms with van der Waals surface area (Å²) >= 11 is 0. The zero-order valence-corrected chi connectivity index (χ0v) is 15.5. The topological polar surface area (TPSA) is 9.23 Å². The van der Waals surface area contributed by atoms with Gasteiger partial charge in [-0.3, -0.25) is 0 Å². The van der Waals surface area contributed by atoms with Crippen molar-refractivity contribution in [2.75, 3.05) is 6.61 Å². The number of rotatable bonds is 8. The number of hydrogen-bond acceptors (Lipinski definition) is 1. The van der Waals surface area contributed by atoms with Crippen LogP contribution in [0.15, 0.2) is 0 Å². The first-order chi connectivity index (χ1) is 10.7. The normalized spacial score (nSPS) is 36.4. The third-order valence-corrected chi connectivity index (χ3v) is 6.63. The van der Waals surface area contributed by atoms with Gasteiger partial charge in [-0.25, -0.2) is 0 Å². The average molecular weight is 309 g/mol. The van der Waals surface area contributed by atoms with Crippen LogP contribution in [0.1, 0.15) is 104 Å². The number of ether oxygens (including phenoxy) is 1. The molecule has 130 valence electrons. The Morgan fingerprint density at radius 3 is 2.00 bits per heavy atom. The summed E-state index contributed by atoms with van der Waals surface area (Å²) in [7, 11) is 0. The Morgan fingerprint density at radius 2 is 1.45 bits per heavy atom. The van der Waals surface area contributed by atoms with Gasteiger partial charge in [0.2, 0.25) is 0 Å². The van der Waals surface area contributed by atoms with Crippen LogP contribution in [0.3, 0.4) is 0 Å². The summed E-state index contributed by atoms with van der Waals surface area (Å²) in [6.07, 6.45) is 18.4. The van der Waals surface area contributed by atoms with Gasteiger partial charge in [0.1, 0.15) is 0 Å². The van der Waals surface area contributed by atoms with Crippen molar-refractivity contribution in [3.8, 4) is 0 Å². The molecule has 0 aromatic heterocycles. The lowest BCUT2D eigenvalue weighted by Gasteiger charge is -2.43. The van der Waals surface area contributed by atoms with E-state index >= 15 is 0 Å². The molecule has 2 aliphatic rings. The summed E-state index contributed by atoms with van der Waals surface area (Å²) < 4.78 is 6.26. The fourth-order valence-electron chi connectivity index (χ4n) is 5.27. The quantitative estimate of drug-likeness (QED) is 0.482. The summed E-state index contributed by atoms with van der Waals surface area (Å²) in [6.45, 7) is 7.72. The number of hydrogen-bond donors (Lipinski definition) is 0. The molecule has 2 fully saturated rings. The van der Waals surface area contributed by atoms with Crippen molar-refractivity contribution in [3.05, 3.63) is 0 Å². The summed E-state index contributed by atoms with van der Waals surface area (Å²) in [5.41, 5.74) is 0.251. The summed E-state index contributed by atoms with van der Waals surface area (Å²) in [6, 6.07) is 0. The minimum Gasteiger partial charge on any atom is -0.375 e. The Hall–Kier alpha value is -0.0400. The lowest BCUT2D eigenvalue weighted by Crippen LogP contribution is -2.39. The Morgan fingerprint density at radius 1 is 0.818 bits per heavy atom. The molecule has 0 aliphatic heterocycles. The molecular formula is C21H40O. The van der Waals surface area contributed by atoms with Gasteiger partial charge in [-0.2, -0.15) is 0 Å². The van der Waals surface area contributed by atoms with E-state index in [1.54, 1.807) is 0 Å². The molecule has 0 heterocycles. The second-order valence-electron chi connectivity index (χ2n) is 8.13. The molecule has 22 heavy (non-hydrogen) atoms. The Kier molecular flexibility index (Phi) is 7.74. The first-order valence-corrected chi connectivity index (χ1v) is 10.4. The van der Waals surface area contributed by atoms with Gasteiger partial charge in [-0.15, -0.1) is 0 Å². The fourth-order valence-corrected chi connectivity index (χ4v) is 5.27. The minimum absolute atomic E-state index is 0.251. The molecule has 0 atom stereocenters. The molecule has 0 aromatic carbocycles. The summed E-state index contributed by atoms with van der Waals surface area (Å²) in [5.74, 6) is 3.11. The standard InChI is InChI=1S/C21H40O/c1-4-7-15-21(22-6-3)16-13-20(14-17-21)19-11-9-18(8-5-2)10-12-19/h18-20H,4-17H2,1-3H3/t18?,19?,20-,21+. The van der Waals surface area contributed by atoms with Gasteiger partial charge < -0.3 is 4.74 Å². The van der Waals surface area contributed by atoms with E-state index in [-0.39, 0.29) is 5.60 Å². The van der Waals surface area contributed by atoms with Crippen LogP contribution in [-0.4, -0.2) is 12.2 Å². The lowest BCUT2D eigenvalue weighted by molar-refractivity contribution is -0.0853. The van der Waals surface area contributed by atoms with Crippen molar-refractivity contribution in [2.24, 2.45) is 17.8 Å². The highest BCUT2D eigenvalue weighted by Gasteiger charge is 2.38. The maximum atomic E-state index is 6.26. The number of unbranched alkanes of at least 4 members (excludes halogenated alkanes) is 1. The highest BCUT2D eigenvalue weighted by molar-refractivity contribution is 4.90. The molecule has 1 heteroatoms. The van der Waals surface area contributed by atoms with Crippen molar-refractivity contribution in [1.82, 2.24) is 0 Å². The van der Waals surface area contributed by atoms with Crippen LogP contribution in [0.2, 0.25) is 0 Å².